The molecule has 0 radical (unpaired) electrons. The summed E-state index contributed by atoms with van der Waals surface area (Å²) in [4.78, 5) is 29.3. The van der Waals surface area contributed by atoms with Crippen molar-refractivity contribution in [1.82, 2.24) is 15.2 Å². The molecular formula is C18H21N3O3. The SMILES string of the molecule is COc1ccc(CNC(=O)CN(Cc2ccncc2)C(C)=O)cc1. The Morgan fingerprint density at radius 3 is 2.33 bits per heavy atom. The van der Waals surface area contributed by atoms with E-state index in [1.807, 2.05) is 36.4 Å². The van der Waals surface area contributed by atoms with E-state index in [0.717, 1.165) is 16.9 Å². The number of benzene rings is 1. The third kappa shape index (κ3) is 5.39. The van der Waals surface area contributed by atoms with Crippen molar-refractivity contribution in [3.05, 3.63) is 59.9 Å². The number of aromatic nitrogens is 1. The van der Waals surface area contributed by atoms with Crippen LogP contribution in [0.15, 0.2) is 48.8 Å². The van der Waals surface area contributed by atoms with Gasteiger partial charge in [0.15, 0.2) is 0 Å². The van der Waals surface area contributed by atoms with Gasteiger partial charge in [-0.05, 0) is 35.4 Å². The summed E-state index contributed by atoms with van der Waals surface area (Å²) in [6.45, 7) is 2.27. The number of hydrogen-bond donors (Lipinski definition) is 1. The first kappa shape index (κ1) is 17.5. The molecule has 0 atom stereocenters. The van der Waals surface area contributed by atoms with E-state index in [0.29, 0.717) is 13.1 Å². The lowest BCUT2D eigenvalue weighted by Gasteiger charge is -2.20. The Labute approximate surface area is 141 Å². The zero-order valence-corrected chi connectivity index (χ0v) is 13.9. The van der Waals surface area contributed by atoms with Gasteiger partial charge < -0.3 is 15.0 Å². The van der Waals surface area contributed by atoms with Crippen LogP contribution in [0.2, 0.25) is 0 Å². The Kier molecular flexibility index (Phi) is 6.31. The number of ether oxygens (including phenoxy) is 1. The van der Waals surface area contributed by atoms with Crippen LogP contribution in [0.4, 0.5) is 0 Å². The fourth-order valence-electron chi connectivity index (χ4n) is 2.16. The average Bonchev–Trinajstić information content (AvgIpc) is 2.60. The normalized spacial score (nSPS) is 10.1. The molecule has 0 saturated carbocycles. The quantitative estimate of drug-likeness (QED) is 0.841. The maximum atomic E-state index is 12.1. The molecule has 6 heteroatoms. The highest BCUT2D eigenvalue weighted by molar-refractivity contribution is 5.83. The summed E-state index contributed by atoms with van der Waals surface area (Å²) in [6.07, 6.45) is 3.33. The van der Waals surface area contributed by atoms with Crippen molar-refractivity contribution < 1.29 is 14.3 Å². The van der Waals surface area contributed by atoms with E-state index >= 15 is 0 Å². The van der Waals surface area contributed by atoms with Crippen molar-refractivity contribution in [2.45, 2.75) is 20.0 Å². The number of pyridine rings is 1. The predicted molar refractivity (Wildman–Crippen MR) is 90.2 cm³/mol. The summed E-state index contributed by atoms with van der Waals surface area (Å²) in [5, 5.41) is 2.82. The molecule has 0 aliphatic heterocycles. The van der Waals surface area contributed by atoms with E-state index in [2.05, 4.69) is 10.3 Å². The van der Waals surface area contributed by atoms with Gasteiger partial charge in [-0.1, -0.05) is 12.1 Å². The molecule has 1 aromatic carbocycles. The summed E-state index contributed by atoms with van der Waals surface area (Å²) in [6, 6.07) is 11.1. The zero-order valence-electron chi connectivity index (χ0n) is 13.9. The molecule has 0 bridgehead atoms. The van der Waals surface area contributed by atoms with Crippen LogP contribution in [0, 0.1) is 0 Å². The molecule has 6 nitrogen and oxygen atoms in total. The highest BCUT2D eigenvalue weighted by Gasteiger charge is 2.14. The highest BCUT2D eigenvalue weighted by Crippen LogP contribution is 2.11. The van der Waals surface area contributed by atoms with Gasteiger partial charge in [0.1, 0.15) is 5.75 Å². The van der Waals surface area contributed by atoms with Crippen molar-refractivity contribution in [2.75, 3.05) is 13.7 Å². The lowest BCUT2D eigenvalue weighted by atomic mass is 10.2. The van der Waals surface area contributed by atoms with Crippen molar-refractivity contribution in [1.29, 1.82) is 0 Å². The summed E-state index contributed by atoms with van der Waals surface area (Å²) >= 11 is 0. The summed E-state index contributed by atoms with van der Waals surface area (Å²) in [7, 11) is 1.61. The monoisotopic (exact) mass is 327 g/mol. The first-order valence-electron chi connectivity index (χ1n) is 7.62. The molecule has 1 aromatic heterocycles. The number of carbonyl (C=O) groups is 2. The average molecular weight is 327 g/mol. The van der Waals surface area contributed by atoms with Crippen molar-refractivity contribution in [3.63, 3.8) is 0 Å². The van der Waals surface area contributed by atoms with Crippen LogP contribution in [0.25, 0.3) is 0 Å². The summed E-state index contributed by atoms with van der Waals surface area (Å²) in [5.41, 5.74) is 1.90. The van der Waals surface area contributed by atoms with Gasteiger partial charge in [0.2, 0.25) is 11.8 Å². The van der Waals surface area contributed by atoms with E-state index in [9.17, 15) is 9.59 Å². The fraction of sp³-hybridized carbons (Fsp3) is 0.278. The molecule has 24 heavy (non-hydrogen) atoms. The number of rotatable bonds is 7. The largest absolute Gasteiger partial charge is 0.497 e. The standard InChI is InChI=1S/C18H21N3O3/c1-14(22)21(12-16-7-9-19-10-8-16)13-18(23)20-11-15-3-5-17(24-2)6-4-15/h3-10H,11-13H2,1-2H3,(H,20,23). The van der Waals surface area contributed by atoms with Crippen LogP contribution in [0.1, 0.15) is 18.1 Å². The van der Waals surface area contributed by atoms with E-state index in [1.165, 1.54) is 11.8 Å². The van der Waals surface area contributed by atoms with Crippen molar-refractivity contribution >= 4 is 11.8 Å². The number of nitrogens with zero attached hydrogens (tertiary/aromatic N) is 2. The number of carbonyl (C=O) groups excluding carboxylic acids is 2. The summed E-state index contributed by atoms with van der Waals surface area (Å²) in [5.74, 6) is 0.423. The van der Waals surface area contributed by atoms with E-state index in [4.69, 9.17) is 4.74 Å². The van der Waals surface area contributed by atoms with Gasteiger partial charge in [-0.15, -0.1) is 0 Å². The van der Waals surface area contributed by atoms with Gasteiger partial charge in [0.05, 0.1) is 13.7 Å². The molecule has 2 amide bonds. The maximum absolute atomic E-state index is 12.1. The second kappa shape index (κ2) is 8.67. The Morgan fingerprint density at radius 2 is 1.75 bits per heavy atom. The van der Waals surface area contributed by atoms with Crippen LogP contribution in [0.3, 0.4) is 0 Å². The Bertz CT molecular complexity index is 672. The third-order valence-corrected chi connectivity index (χ3v) is 3.55. The molecule has 0 aliphatic carbocycles. The molecule has 0 saturated heterocycles. The Balaban J connectivity index is 1.87. The molecule has 0 spiro atoms. The third-order valence-electron chi connectivity index (χ3n) is 3.55. The molecule has 1 N–H and O–H groups in total. The van der Waals surface area contributed by atoms with E-state index in [-0.39, 0.29) is 18.4 Å². The van der Waals surface area contributed by atoms with Crippen LogP contribution in [-0.4, -0.2) is 35.4 Å². The number of methoxy groups -OCH3 is 1. The van der Waals surface area contributed by atoms with Gasteiger partial charge in [0, 0.05) is 32.4 Å². The van der Waals surface area contributed by atoms with E-state index < -0.39 is 0 Å². The van der Waals surface area contributed by atoms with Gasteiger partial charge in [-0.3, -0.25) is 14.6 Å². The minimum atomic E-state index is -0.199. The van der Waals surface area contributed by atoms with Crippen LogP contribution >= 0.6 is 0 Å². The smallest absolute Gasteiger partial charge is 0.239 e. The number of hydrogen-bond acceptors (Lipinski definition) is 4. The molecule has 1 heterocycles. The highest BCUT2D eigenvalue weighted by atomic mass is 16.5. The predicted octanol–water partition coefficient (Wildman–Crippen LogP) is 1.76. The minimum absolute atomic E-state index is 0.0216. The summed E-state index contributed by atoms with van der Waals surface area (Å²) < 4.78 is 5.09. The zero-order chi connectivity index (χ0) is 17.4. The fourth-order valence-corrected chi connectivity index (χ4v) is 2.16. The van der Waals surface area contributed by atoms with Crippen LogP contribution < -0.4 is 10.1 Å². The van der Waals surface area contributed by atoms with Gasteiger partial charge in [-0.2, -0.15) is 0 Å². The van der Waals surface area contributed by atoms with Gasteiger partial charge in [0.25, 0.3) is 0 Å². The van der Waals surface area contributed by atoms with Crippen LogP contribution in [-0.2, 0) is 22.7 Å². The molecule has 0 fully saturated rings. The molecule has 2 rings (SSSR count). The van der Waals surface area contributed by atoms with Gasteiger partial charge >= 0.3 is 0 Å². The Hall–Kier alpha value is -2.89. The van der Waals surface area contributed by atoms with Crippen molar-refractivity contribution in [3.8, 4) is 5.75 Å². The van der Waals surface area contributed by atoms with Crippen LogP contribution in [0.5, 0.6) is 5.75 Å². The molecule has 0 unspecified atom stereocenters. The first-order chi connectivity index (χ1) is 11.6. The lowest BCUT2D eigenvalue weighted by molar-refractivity contribution is -0.135. The molecular weight excluding hydrogens is 306 g/mol. The lowest BCUT2D eigenvalue weighted by Crippen LogP contribution is -2.39. The second-order valence-electron chi connectivity index (χ2n) is 5.36. The molecule has 2 aromatic rings. The topological polar surface area (TPSA) is 71.5 Å². The number of nitrogens with one attached hydrogen (secondary N) is 1. The molecule has 126 valence electrons. The minimum Gasteiger partial charge on any atom is -0.497 e. The first-order valence-corrected chi connectivity index (χ1v) is 7.62. The van der Waals surface area contributed by atoms with Crippen molar-refractivity contribution in [2.24, 2.45) is 0 Å². The second-order valence-corrected chi connectivity index (χ2v) is 5.36. The number of amides is 2. The maximum Gasteiger partial charge on any atom is 0.239 e. The van der Waals surface area contributed by atoms with E-state index in [1.54, 1.807) is 19.5 Å². The molecule has 0 aliphatic rings. The Morgan fingerprint density at radius 1 is 1.08 bits per heavy atom. The van der Waals surface area contributed by atoms with Gasteiger partial charge in [-0.25, -0.2) is 0 Å².